The van der Waals surface area contributed by atoms with Crippen molar-refractivity contribution in [1.82, 2.24) is 9.88 Å². The molecular formula is C10H13N3O2. The van der Waals surface area contributed by atoms with Crippen LogP contribution >= 0.6 is 0 Å². The molecule has 0 atom stereocenters. The fourth-order valence-electron chi connectivity index (χ4n) is 0.908. The van der Waals surface area contributed by atoms with Gasteiger partial charge in [-0.3, -0.25) is 0 Å². The van der Waals surface area contributed by atoms with Gasteiger partial charge in [-0.15, -0.1) is 0 Å². The third-order valence-corrected chi connectivity index (χ3v) is 1.59. The largest absolute Gasteiger partial charge is 0.465 e. The van der Waals surface area contributed by atoms with Crippen molar-refractivity contribution in [2.45, 2.75) is 0 Å². The van der Waals surface area contributed by atoms with Gasteiger partial charge in [0.15, 0.2) is 5.82 Å². The molecule has 0 radical (unpaired) electrons. The smallest absolute Gasteiger partial charge is 0.338 e. The van der Waals surface area contributed by atoms with E-state index in [-0.39, 0.29) is 0 Å². The van der Waals surface area contributed by atoms with E-state index in [1.165, 1.54) is 13.3 Å². The van der Waals surface area contributed by atoms with Gasteiger partial charge in [0.05, 0.1) is 19.0 Å². The summed E-state index contributed by atoms with van der Waals surface area (Å²) in [6, 6.07) is 3.16. The fourth-order valence-corrected chi connectivity index (χ4v) is 0.908. The summed E-state index contributed by atoms with van der Waals surface area (Å²) in [4.78, 5) is 21.0. The van der Waals surface area contributed by atoms with E-state index in [4.69, 9.17) is 0 Å². The number of nitrogens with zero attached hydrogens (tertiary/aromatic N) is 3. The zero-order chi connectivity index (χ0) is 11.3. The molecule has 1 aromatic rings. The monoisotopic (exact) mass is 207 g/mol. The molecule has 0 aromatic carbocycles. The number of hydrogen-bond donors (Lipinski definition) is 0. The van der Waals surface area contributed by atoms with E-state index in [2.05, 4.69) is 14.7 Å². The predicted octanol–water partition coefficient (Wildman–Crippen LogP) is 1.09. The van der Waals surface area contributed by atoms with Gasteiger partial charge in [0, 0.05) is 20.3 Å². The molecule has 5 nitrogen and oxygen atoms in total. The van der Waals surface area contributed by atoms with Crippen LogP contribution < -0.4 is 0 Å². The molecule has 0 amide bonds. The molecule has 0 fully saturated rings. The third-order valence-electron chi connectivity index (χ3n) is 1.59. The van der Waals surface area contributed by atoms with Crippen LogP contribution in [0.5, 0.6) is 0 Å². The molecule has 0 N–H and O–H groups in total. The van der Waals surface area contributed by atoms with Gasteiger partial charge in [-0.05, 0) is 12.1 Å². The van der Waals surface area contributed by atoms with Gasteiger partial charge in [-0.2, -0.15) is 0 Å². The van der Waals surface area contributed by atoms with Crippen molar-refractivity contribution in [3.8, 4) is 0 Å². The molecule has 0 bridgehead atoms. The van der Waals surface area contributed by atoms with Crippen LogP contribution in [0.2, 0.25) is 0 Å². The van der Waals surface area contributed by atoms with Crippen molar-refractivity contribution in [2.75, 3.05) is 21.2 Å². The van der Waals surface area contributed by atoms with Crippen LogP contribution in [0.3, 0.4) is 0 Å². The number of carbonyl (C=O) groups is 1. The zero-order valence-electron chi connectivity index (χ0n) is 8.97. The predicted molar refractivity (Wildman–Crippen MR) is 57.4 cm³/mol. The van der Waals surface area contributed by atoms with E-state index in [0.717, 1.165) is 0 Å². The van der Waals surface area contributed by atoms with Crippen LogP contribution in [0.1, 0.15) is 10.4 Å². The lowest BCUT2D eigenvalue weighted by Gasteiger charge is -2.02. The minimum absolute atomic E-state index is 0.390. The summed E-state index contributed by atoms with van der Waals surface area (Å²) in [6.45, 7) is 0. The van der Waals surface area contributed by atoms with Gasteiger partial charge in [-0.25, -0.2) is 14.8 Å². The second kappa shape index (κ2) is 5.09. The maximum Gasteiger partial charge on any atom is 0.338 e. The van der Waals surface area contributed by atoms with E-state index in [1.54, 1.807) is 23.4 Å². The summed E-state index contributed by atoms with van der Waals surface area (Å²) >= 11 is 0. The Morgan fingerprint density at radius 2 is 2.33 bits per heavy atom. The summed E-state index contributed by atoms with van der Waals surface area (Å²) in [5.74, 6) is 0.0882. The maximum atomic E-state index is 11.2. The normalized spacial score (nSPS) is 10.3. The highest BCUT2D eigenvalue weighted by Crippen LogP contribution is 2.10. The summed E-state index contributed by atoms with van der Waals surface area (Å²) < 4.78 is 4.59. The fraction of sp³-hybridized carbons (Fsp3) is 0.300. The standard InChI is InChI=1S/C10H13N3O2/c1-13(2)7-12-9-6-8(4-5-11-9)10(14)15-3/h4-7H,1-3H3/b12-7+. The highest BCUT2D eigenvalue weighted by atomic mass is 16.5. The molecule has 15 heavy (non-hydrogen) atoms. The molecular weight excluding hydrogens is 194 g/mol. The lowest BCUT2D eigenvalue weighted by molar-refractivity contribution is 0.0600. The Labute approximate surface area is 88.4 Å². The SMILES string of the molecule is COC(=O)c1ccnc(/N=C/N(C)C)c1. The molecule has 0 aliphatic carbocycles. The maximum absolute atomic E-state index is 11.2. The van der Waals surface area contributed by atoms with Gasteiger partial charge < -0.3 is 9.64 Å². The second-order valence-electron chi connectivity index (χ2n) is 3.10. The molecule has 80 valence electrons. The molecule has 5 heteroatoms. The Bertz CT molecular complexity index is 375. The highest BCUT2D eigenvalue weighted by molar-refractivity contribution is 5.89. The Kier molecular flexibility index (Phi) is 3.79. The third kappa shape index (κ3) is 3.38. The Morgan fingerprint density at radius 3 is 2.93 bits per heavy atom. The van der Waals surface area contributed by atoms with Gasteiger partial charge in [0.25, 0.3) is 0 Å². The number of hydrogen-bond acceptors (Lipinski definition) is 4. The number of rotatable bonds is 3. The Balaban J connectivity index is 2.88. The van der Waals surface area contributed by atoms with Crippen LogP contribution in [0.25, 0.3) is 0 Å². The van der Waals surface area contributed by atoms with E-state index in [0.29, 0.717) is 11.4 Å². The number of pyridine rings is 1. The molecule has 1 heterocycles. The Hall–Kier alpha value is -1.91. The minimum Gasteiger partial charge on any atom is -0.465 e. The first-order chi connectivity index (χ1) is 7.13. The molecule has 0 unspecified atom stereocenters. The van der Waals surface area contributed by atoms with Crippen LogP contribution in [0.4, 0.5) is 5.82 Å². The molecule has 0 saturated carbocycles. The first-order valence-corrected chi connectivity index (χ1v) is 4.38. The second-order valence-corrected chi connectivity index (χ2v) is 3.10. The minimum atomic E-state index is -0.390. The van der Waals surface area contributed by atoms with E-state index >= 15 is 0 Å². The first kappa shape index (κ1) is 11.2. The van der Waals surface area contributed by atoms with Gasteiger partial charge in [-0.1, -0.05) is 0 Å². The summed E-state index contributed by atoms with van der Waals surface area (Å²) in [6.07, 6.45) is 3.14. The van der Waals surface area contributed by atoms with Crippen molar-refractivity contribution in [3.05, 3.63) is 23.9 Å². The number of ether oxygens (including phenoxy) is 1. The quantitative estimate of drug-likeness (QED) is 0.423. The molecule has 0 spiro atoms. The number of aromatic nitrogens is 1. The van der Waals surface area contributed by atoms with Crippen molar-refractivity contribution >= 4 is 18.1 Å². The number of carbonyl (C=O) groups excluding carboxylic acids is 1. The molecule has 1 rings (SSSR count). The summed E-state index contributed by atoms with van der Waals surface area (Å²) in [7, 11) is 5.05. The number of esters is 1. The highest BCUT2D eigenvalue weighted by Gasteiger charge is 2.05. The van der Waals surface area contributed by atoms with Crippen molar-refractivity contribution < 1.29 is 9.53 Å². The lowest BCUT2D eigenvalue weighted by atomic mass is 10.2. The average molecular weight is 207 g/mol. The summed E-state index contributed by atoms with van der Waals surface area (Å²) in [5.41, 5.74) is 0.443. The van der Waals surface area contributed by atoms with E-state index in [9.17, 15) is 4.79 Å². The van der Waals surface area contributed by atoms with Gasteiger partial charge in [0.2, 0.25) is 0 Å². The van der Waals surface area contributed by atoms with Crippen LogP contribution in [0, 0.1) is 0 Å². The molecule has 0 saturated heterocycles. The number of aliphatic imine (C=N–C) groups is 1. The van der Waals surface area contributed by atoms with Crippen molar-refractivity contribution in [1.29, 1.82) is 0 Å². The van der Waals surface area contributed by atoms with Crippen LogP contribution in [0.15, 0.2) is 23.3 Å². The lowest BCUT2D eigenvalue weighted by Crippen LogP contribution is -2.07. The first-order valence-electron chi connectivity index (χ1n) is 4.38. The topological polar surface area (TPSA) is 54.8 Å². The molecule has 0 aliphatic heterocycles. The van der Waals surface area contributed by atoms with Crippen LogP contribution in [-0.4, -0.2) is 43.4 Å². The number of methoxy groups -OCH3 is 1. The van der Waals surface area contributed by atoms with E-state index < -0.39 is 5.97 Å². The van der Waals surface area contributed by atoms with Gasteiger partial charge >= 0.3 is 5.97 Å². The Morgan fingerprint density at radius 1 is 1.60 bits per heavy atom. The summed E-state index contributed by atoms with van der Waals surface area (Å²) in [5, 5.41) is 0. The van der Waals surface area contributed by atoms with E-state index in [1.807, 2.05) is 14.1 Å². The van der Waals surface area contributed by atoms with Crippen molar-refractivity contribution in [2.24, 2.45) is 4.99 Å². The van der Waals surface area contributed by atoms with Gasteiger partial charge in [0.1, 0.15) is 0 Å². The molecule has 1 aromatic heterocycles. The van der Waals surface area contributed by atoms with Crippen LogP contribution in [-0.2, 0) is 4.74 Å². The average Bonchev–Trinajstić information content (AvgIpc) is 2.25. The van der Waals surface area contributed by atoms with Crippen molar-refractivity contribution in [3.63, 3.8) is 0 Å². The molecule has 0 aliphatic rings. The zero-order valence-corrected chi connectivity index (χ0v) is 8.97.